The van der Waals surface area contributed by atoms with E-state index in [9.17, 15) is 22.4 Å². The summed E-state index contributed by atoms with van der Waals surface area (Å²) in [5, 5.41) is 5.37. The summed E-state index contributed by atoms with van der Waals surface area (Å²) in [5.74, 6) is -0.679. The summed E-state index contributed by atoms with van der Waals surface area (Å²) in [4.78, 5) is 19.2. The van der Waals surface area contributed by atoms with Crippen molar-refractivity contribution in [3.8, 4) is 0 Å². The van der Waals surface area contributed by atoms with E-state index in [1.165, 1.54) is 24.3 Å². The second-order valence-corrected chi connectivity index (χ2v) is 6.92. The molecule has 1 amide bonds. The molecule has 5 nitrogen and oxygen atoms in total. The number of alkyl halides is 3. The number of hydrogen-bond donors (Lipinski definition) is 2. The fraction of sp³-hybridized carbons (Fsp3) is 0.389. The van der Waals surface area contributed by atoms with Gasteiger partial charge in [-0.15, -0.1) is 0 Å². The standard InChI is InChI=1S/C18H17ClF4N4O/c19-17-26-14(18(21,22)23)9-15(27-17)24-12-5-7-13(8-6-12)25-16(28)10-1-3-11(20)4-2-10/h1-4,9,12-13H,5-8H2,(H,25,28)(H,24,26,27)/t12-,13+. The van der Waals surface area contributed by atoms with Crippen LogP contribution >= 0.6 is 11.6 Å². The number of halogens is 5. The van der Waals surface area contributed by atoms with E-state index in [-0.39, 0.29) is 23.8 Å². The van der Waals surface area contributed by atoms with Gasteiger partial charge in [-0.1, -0.05) is 0 Å². The highest BCUT2D eigenvalue weighted by Gasteiger charge is 2.34. The van der Waals surface area contributed by atoms with Crippen LogP contribution in [0.25, 0.3) is 0 Å². The van der Waals surface area contributed by atoms with Crippen LogP contribution in [0.3, 0.4) is 0 Å². The zero-order chi connectivity index (χ0) is 20.3. The van der Waals surface area contributed by atoms with Crippen LogP contribution < -0.4 is 10.6 Å². The van der Waals surface area contributed by atoms with E-state index in [2.05, 4.69) is 20.6 Å². The van der Waals surface area contributed by atoms with Gasteiger partial charge in [0.25, 0.3) is 5.91 Å². The summed E-state index contributed by atoms with van der Waals surface area (Å²) in [6, 6.07) is 5.94. The molecular formula is C18H17ClF4N4O. The van der Waals surface area contributed by atoms with Crippen molar-refractivity contribution in [1.29, 1.82) is 0 Å². The molecule has 0 bridgehead atoms. The molecule has 1 heterocycles. The van der Waals surface area contributed by atoms with Crippen LogP contribution in [-0.2, 0) is 6.18 Å². The van der Waals surface area contributed by atoms with Gasteiger partial charge >= 0.3 is 6.18 Å². The molecule has 1 aromatic heterocycles. The Hall–Kier alpha value is -2.42. The number of nitrogens with one attached hydrogen (secondary N) is 2. The molecule has 0 saturated heterocycles. The molecule has 1 aliphatic rings. The quantitative estimate of drug-likeness (QED) is 0.571. The SMILES string of the molecule is O=C(N[C@H]1CC[C@@H](Nc2cc(C(F)(F)F)nc(Cl)n2)CC1)c1ccc(F)cc1. The lowest BCUT2D eigenvalue weighted by Gasteiger charge is -2.30. The molecule has 0 unspecified atom stereocenters. The van der Waals surface area contributed by atoms with Gasteiger partial charge in [0, 0.05) is 23.7 Å². The monoisotopic (exact) mass is 416 g/mol. The Morgan fingerprint density at radius 1 is 1.04 bits per heavy atom. The van der Waals surface area contributed by atoms with Crippen LogP contribution in [0, 0.1) is 5.82 Å². The number of nitrogens with zero attached hydrogens (tertiary/aromatic N) is 2. The van der Waals surface area contributed by atoms with E-state index in [0.717, 1.165) is 6.07 Å². The second-order valence-electron chi connectivity index (χ2n) is 6.58. The molecule has 1 fully saturated rings. The van der Waals surface area contributed by atoms with E-state index in [1.807, 2.05) is 0 Å². The minimum Gasteiger partial charge on any atom is -0.367 e. The number of rotatable bonds is 4. The van der Waals surface area contributed by atoms with Gasteiger partial charge < -0.3 is 10.6 Å². The van der Waals surface area contributed by atoms with Crippen molar-refractivity contribution in [1.82, 2.24) is 15.3 Å². The van der Waals surface area contributed by atoms with Gasteiger partial charge in [0.2, 0.25) is 5.28 Å². The van der Waals surface area contributed by atoms with Crippen molar-refractivity contribution in [2.45, 2.75) is 43.9 Å². The first-order chi connectivity index (χ1) is 13.2. The highest BCUT2D eigenvalue weighted by atomic mass is 35.5. The Kier molecular flexibility index (Phi) is 6.02. The maximum absolute atomic E-state index is 12.9. The average molecular weight is 417 g/mol. The summed E-state index contributed by atoms with van der Waals surface area (Å²) in [6.45, 7) is 0. The van der Waals surface area contributed by atoms with E-state index >= 15 is 0 Å². The van der Waals surface area contributed by atoms with E-state index in [0.29, 0.717) is 31.2 Å². The van der Waals surface area contributed by atoms with Crippen LogP contribution in [-0.4, -0.2) is 28.0 Å². The van der Waals surface area contributed by atoms with Crippen molar-refractivity contribution >= 4 is 23.3 Å². The second kappa shape index (κ2) is 8.30. The highest BCUT2D eigenvalue weighted by molar-refractivity contribution is 6.28. The third-order valence-electron chi connectivity index (χ3n) is 4.51. The third kappa shape index (κ3) is 5.31. The van der Waals surface area contributed by atoms with Crippen LogP contribution in [0.4, 0.5) is 23.4 Å². The van der Waals surface area contributed by atoms with Gasteiger partial charge in [-0.3, -0.25) is 4.79 Å². The number of aromatic nitrogens is 2. The van der Waals surface area contributed by atoms with Crippen molar-refractivity contribution in [3.05, 3.63) is 52.7 Å². The Bertz CT molecular complexity index is 836. The molecule has 1 saturated carbocycles. The molecule has 2 aromatic rings. The first kappa shape index (κ1) is 20.3. The number of carbonyl (C=O) groups excluding carboxylic acids is 1. The molecule has 1 aromatic carbocycles. The largest absolute Gasteiger partial charge is 0.433 e. The van der Waals surface area contributed by atoms with Crippen LogP contribution in [0.1, 0.15) is 41.7 Å². The van der Waals surface area contributed by atoms with Gasteiger partial charge in [-0.05, 0) is 61.5 Å². The molecule has 2 N–H and O–H groups in total. The molecule has 28 heavy (non-hydrogen) atoms. The van der Waals surface area contributed by atoms with Crippen LogP contribution in [0.15, 0.2) is 30.3 Å². The summed E-state index contributed by atoms with van der Waals surface area (Å²) in [7, 11) is 0. The Morgan fingerprint density at radius 3 is 2.25 bits per heavy atom. The maximum Gasteiger partial charge on any atom is 0.433 e. The highest BCUT2D eigenvalue weighted by Crippen LogP contribution is 2.30. The summed E-state index contributed by atoms with van der Waals surface area (Å²) in [6.07, 6.45) is -2.04. The summed E-state index contributed by atoms with van der Waals surface area (Å²) >= 11 is 5.59. The number of anilines is 1. The lowest BCUT2D eigenvalue weighted by molar-refractivity contribution is -0.141. The Morgan fingerprint density at radius 2 is 1.64 bits per heavy atom. The summed E-state index contributed by atoms with van der Waals surface area (Å²) in [5.41, 5.74) is -0.729. The van der Waals surface area contributed by atoms with Crippen molar-refractivity contribution in [2.75, 3.05) is 5.32 Å². The smallest absolute Gasteiger partial charge is 0.367 e. The molecular weight excluding hydrogens is 400 g/mol. The zero-order valence-electron chi connectivity index (χ0n) is 14.6. The number of benzene rings is 1. The minimum atomic E-state index is -4.61. The van der Waals surface area contributed by atoms with Crippen LogP contribution in [0.5, 0.6) is 0 Å². The molecule has 150 valence electrons. The van der Waals surface area contributed by atoms with E-state index in [4.69, 9.17) is 11.6 Å². The first-order valence-electron chi connectivity index (χ1n) is 8.65. The lowest BCUT2D eigenvalue weighted by Crippen LogP contribution is -2.40. The summed E-state index contributed by atoms with van der Waals surface area (Å²) < 4.78 is 51.4. The van der Waals surface area contributed by atoms with Gasteiger partial charge in [-0.2, -0.15) is 13.2 Å². The predicted octanol–water partition coefficient (Wildman–Crippen LogP) is 4.44. The minimum absolute atomic E-state index is 0.0196. The van der Waals surface area contributed by atoms with Crippen molar-refractivity contribution in [2.24, 2.45) is 0 Å². The molecule has 0 aliphatic heterocycles. The van der Waals surface area contributed by atoms with Crippen LogP contribution in [0.2, 0.25) is 5.28 Å². The average Bonchev–Trinajstić information content (AvgIpc) is 2.62. The van der Waals surface area contributed by atoms with Gasteiger partial charge in [0.15, 0.2) is 5.69 Å². The van der Waals surface area contributed by atoms with E-state index in [1.54, 1.807) is 0 Å². The molecule has 0 atom stereocenters. The number of carbonyl (C=O) groups is 1. The molecule has 0 radical (unpaired) electrons. The molecule has 10 heteroatoms. The fourth-order valence-corrected chi connectivity index (χ4v) is 3.28. The molecule has 3 rings (SSSR count). The zero-order valence-corrected chi connectivity index (χ0v) is 15.3. The van der Waals surface area contributed by atoms with Crippen molar-refractivity contribution in [3.63, 3.8) is 0 Å². The predicted molar refractivity (Wildman–Crippen MR) is 95.6 cm³/mol. The fourth-order valence-electron chi connectivity index (χ4n) is 3.10. The van der Waals surface area contributed by atoms with Gasteiger partial charge in [0.1, 0.15) is 11.6 Å². The maximum atomic E-state index is 12.9. The molecule has 1 aliphatic carbocycles. The topological polar surface area (TPSA) is 66.9 Å². The first-order valence-corrected chi connectivity index (χ1v) is 9.03. The molecule has 0 spiro atoms. The third-order valence-corrected chi connectivity index (χ3v) is 4.68. The lowest BCUT2D eigenvalue weighted by atomic mass is 9.91. The number of amides is 1. The van der Waals surface area contributed by atoms with Crippen molar-refractivity contribution < 1.29 is 22.4 Å². The Labute approximate surface area is 163 Å². The van der Waals surface area contributed by atoms with Gasteiger partial charge in [-0.25, -0.2) is 14.4 Å². The van der Waals surface area contributed by atoms with E-state index < -0.39 is 23.0 Å². The van der Waals surface area contributed by atoms with Gasteiger partial charge in [0.05, 0.1) is 0 Å². The Balaban J connectivity index is 1.54. The normalized spacial score (nSPS) is 19.9. The number of hydrogen-bond acceptors (Lipinski definition) is 4.